The molecule has 1 unspecified atom stereocenters. The van der Waals surface area contributed by atoms with Gasteiger partial charge in [-0.2, -0.15) is 0 Å². The number of hydrogen-bond acceptors (Lipinski definition) is 7. The number of hydrogen-bond donors (Lipinski definition) is 1. The van der Waals surface area contributed by atoms with Gasteiger partial charge in [-0.25, -0.2) is 0 Å². The normalized spacial score (nSPS) is 16.8. The zero-order valence-corrected chi connectivity index (χ0v) is 20.2. The molecule has 178 valence electrons. The zero-order valence-electron chi connectivity index (χ0n) is 19.3. The standard InChI is InChI=1S/C24H29N3O5.ClH/c1-5-26(6-2)12-11-25-17-14-19-16(13-20(27(29)30)24(3,4)32-19)23-21(17)22(28)15-9-7-8-10-18(15)31-23;/h7-10,14,20,25H,5-6,11-13H2,1-4H3;1H. The molecule has 1 aromatic heterocycles. The van der Waals surface area contributed by atoms with Crippen LogP contribution in [0.4, 0.5) is 5.69 Å². The lowest BCUT2D eigenvalue weighted by atomic mass is 9.88. The summed E-state index contributed by atoms with van der Waals surface area (Å²) in [4.78, 5) is 27.2. The number of nitro groups is 1. The van der Waals surface area contributed by atoms with E-state index in [9.17, 15) is 14.9 Å². The van der Waals surface area contributed by atoms with E-state index in [2.05, 4.69) is 24.1 Å². The molecule has 0 amide bonds. The van der Waals surface area contributed by atoms with Gasteiger partial charge in [0.05, 0.1) is 22.9 Å². The Bertz CT molecular complexity index is 1240. The molecule has 1 aliphatic rings. The van der Waals surface area contributed by atoms with Crippen molar-refractivity contribution in [1.29, 1.82) is 0 Å². The number of nitrogens with zero attached hydrogens (tertiary/aromatic N) is 2. The maximum absolute atomic E-state index is 13.5. The first-order chi connectivity index (χ1) is 15.3. The monoisotopic (exact) mass is 475 g/mol. The molecule has 0 radical (unpaired) electrons. The Hall–Kier alpha value is -2.84. The van der Waals surface area contributed by atoms with Crippen molar-refractivity contribution >= 4 is 40.0 Å². The summed E-state index contributed by atoms with van der Waals surface area (Å²) in [5.41, 5.74) is 0.866. The number of likely N-dealkylation sites (N-methyl/N-ethyl adjacent to an activating group) is 1. The molecule has 1 atom stereocenters. The zero-order chi connectivity index (χ0) is 23.0. The minimum Gasteiger partial charge on any atom is -0.480 e. The minimum absolute atomic E-state index is 0. The van der Waals surface area contributed by atoms with Crippen molar-refractivity contribution in [1.82, 2.24) is 4.90 Å². The van der Waals surface area contributed by atoms with Crippen LogP contribution in [0.25, 0.3) is 21.9 Å². The molecule has 0 fully saturated rings. The smallest absolute Gasteiger partial charge is 0.255 e. The number of para-hydroxylation sites is 1. The van der Waals surface area contributed by atoms with Gasteiger partial charge in [0.15, 0.2) is 5.60 Å². The summed E-state index contributed by atoms with van der Waals surface area (Å²) in [5, 5.41) is 16.0. The van der Waals surface area contributed by atoms with E-state index < -0.39 is 11.6 Å². The van der Waals surface area contributed by atoms with Gasteiger partial charge in [0, 0.05) is 29.6 Å². The molecule has 1 N–H and O–H groups in total. The third-order valence-electron chi connectivity index (χ3n) is 6.38. The van der Waals surface area contributed by atoms with Crippen molar-refractivity contribution in [2.45, 2.75) is 45.8 Å². The Kier molecular flexibility index (Phi) is 7.19. The van der Waals surface area contributed by atoms with Crippen molar-refractivity contribution in [2.24, 2.45) is 0 Å². The van der Waals surface area contributed by atoms with E-state index in [1.807, 2.05) is 0 Å². The summed E-state index contributed by atoms with van der Waals surface area (Å²) in [5.74, 6) is 0.518. The van der Waals surface area contributed by atoms with E-state index in [1.54, 1.807) is 44.2 Å². The molecule has 0 saturated carbocycles. The topological polar surface area (TPSA) is 97.9 Å². The number of halogens is 1. The highest BCUT2D eigenvalue weighted by molar-refractivity contribution is 6.00. The van der Waals surface area contributed by atoms with Crippen LogP contribution < -0.4 is 15.5 Å². The molecule has 4 rings (SSSR count). The summed E-state index contributed by atoms with van der Waals surface area (Å²) in [7, 11) is 0. The summed E-state index contributed by atoms with van der Waals surface area (Å²) in [6, 6.07) is 7.92. The van der Waals surface area contributed by atoms with Crippen LogP contribution in [0.15, 0.2) is 39.5 Å². The van der Waals surface area contributed by atoms with Crippen LogP contribution >= 0.6 is 12.4 Å². The molecule has 3 aromatic rings. The van der Waals surface area contributed by atoms with Gasteiger partial charge < -0.3 is 19.4 Å². The maximum Gasteiger partial charge on any atom is 0.255 e. The SMILES string of the molecule is CCN(CC)CCNc1cc2c(c3oc4ccccc4c(=O)c13)CC([N+](=O)[O-])C(C)(C)O2.Cl. The predicted molar refractivity (Wildman–Crippen MR) is 133 cm³/mol. The second-order valence-corrected chi connectivity index (χ2v) is 8.70. The molecule has 1 aliphatic heterocycles. The van der Waals surface area contributed by atoms with E-state index in [-0.39, 0.29) is 29.2 Å². The van der Waals surface area contributed by atoms with Crippen LogP contribution in [0.3, 0.4) is 0 Å². The van der Waals surface area contributed by atoms with Crippen molar-refractivity contribution in [3.8, 4) is 5.75 Å². The molecular weight excluding hydrogens is 446 g/mol. The molecule has 2 heterocycles. The van der Waals surface area contributed by atoms with Gasteiger partial charge in [-0.3, -0.25) is 14.9 Å². The molecule has 2 aromatic carbocycles. The van der Waals surface area contributed by atoms with Gasteiger partial charge in [0.1, 0.15) is 16.9 Å². The number of ether oxygens (including phenoxy) is 1. The predicted octanol–water partition coefficient (Wildman–Crippen LogP) is 4.48. The van der Waals surface area contributed by atoms with Crippen molar-refractivity contribution < 1.29 is 14.1 Å². The van der Waals surface area contributed by atoms with Crippen molar-refractivity contribution in [2.75, 3.05) is 31.5 Å². The van der Waals surface area contributed by atoms with E-state index in [0.29, 0.717) is 45.5 Å². The van der Waals surface area contributed by atoms with E-state index >= 15 is 0 Å². The Morgan fingerprint density at radius 3 is 2.61 bits per heavy atom. The fourth-order valence-electron chi connectivity index (χ4n) is 4.43. The molecule has 9 heteroatoms. The van der Waals surface area contributed by atoms with Crippen LogP contribution in [0.1, 0.15) is 33.3 Å². The molecule has 0 aliphatic carbocycles. The number of benzene rings is 2. The summed E-state index contributed by atoms with van der Waals surface area (Å²) in [6.45, 7) is 11.0. The third-order valence-corrected chi connectivity index (χ3v) is 6.38. The highest BCUT2D eigenvalue weighted by Crippen LogP contribution is 2.42. The van der Waals surface area contributed by atoms with Gasteiger partial charge in [-0.05, 0) is 39.1 Å². The second-order valence-electron chi connectivity index (χ2n) is 8.70. The average molecular weight is 476 g/mol. The molecule has 33 heavy (non-hydrogen) atoms. The van der Waals surface area contributed by atoms with Gasteiger partial charge >= 0.3 is 0 Å². The van der Waals surface area contributed by atoms with E-state index in [4.69, 9.17) is 9.15 Å². The lowest BCUT2D eigenvalue weighted by molar-refractivity contribution is -0.542. The number of nitrogens with one attached hydrogen (secondary N) is 1. The summed E-state index contributed by atoms with van der Waals surface area (Å²) >= 11 is 0. The Labute approximate surface area is 198 Å². The van der Waals surface area contributed by atoms with Crippen LogP contribution in [0.2, 0.25) is 0 Å². The maximum atomic E-state index is 13.5. The van der Waals surface area contributed by atoms with Gasteiger partial charge in [-0.15, -0.1) is 12.4 Å². The Morgan fingerprint density at radius 2 is 1.94 bits per heavy atom. The fraction of sp³-hybridized carbons (Fsp3) is 0.458. The van der Waals surface area contributed by atoms with Crippen LogP contribution in [-0.2, 0) is 6.42 Å². The first kappa shape index (κ1) is 24.8. The molecular formula is C24H30ClN3O5. The summed E-state index contributed by atoms with van der Waals surface area (Å²) < 4.78 is 12.3. The number of anilines is 1. The molecule has 0 saturated heterocycles. The van der Waals surface area contributed by atoms with Gasteiger partial charge in [0.2, 0.25) is 5.43 Å². The lowest BCUT2D eigenvalue weighted by Crippen LogP contribution is -2.50. The molecule has 0 spiro atoms. The quantitative estimate of drug-likeness (QED) is 0.305. The minimum atomic E-state index is -0.986. The fourth-order valence-corrected chi connectivity index (χ4v) is 4.43. The Balaban J connectivity index is 0.00000306. The molecule has 0 bridgehead atoms. The summed E-state index contributed by atoms with van der Waals surface area (Å²) in [6.07, 6.45) is 0.132. The third kappa shape index (κ3) is 4.50. The number of fused-ring (bicyclic) bond motifs is 4. The largest absolute Gasteiger partial charge is 0.480 e. The first-order valence-corrected chi connectivity index (χ1v) is 11.1. The van der Waals surface area contributed by atoms with E-state index in [1.165, 1.54) is 0 Å². The highest BCUT2D eigenvalue weighted by atomic mass is 35.5. The van der Waals surface area contributed by atoms with Crippen molar-refractivity contribution in [3.05, 3.63) is 56.2 Å². The lowest BCUT2D eigenvalue weighted by Gasteiger charge is -2.35. The van der Waals surface area contributed by atoms with Gasteiger partial charge in [-0.1, -0.05) is 26.0 Å². The van der Waals surface area contributed by atoms with Gasteiger partial charge in [0.25, 0.3) is 6.04 Å². The number of rotatable bonds is 7. The Morgan fingerprint density at radius 1 is 1.24 bits per heavy atom. The second kappa shape index (κ2) is 9.57. The first-order valence-electron chi connectivity index (χ1n) is 11.1. The van der Waals surface area contributed by atoms with Crippen LogP contribution in [0, 0.1) is 10.1 Å². The van der Waals surface area contributed by atoms with Crippen LogP contribution in [-0.4, -0.2) is 47.6 Å². The average Bonchev–Trinajstić information content (AvgIpc) is 2.75. The van der Waals surface area contributed by atoms with Crippen molar-refractivity contribution in [3.63, 3.8) is 0 Å². The molecule has 8 nitrogen and oxygen atoms in total. The van der Waals surface area contributed by atoms with E-state index in [0.717, 1.165) is 19.6 Å². The van der Waals surface area contributed by atoms with Crippen LogP contribution in [0.5, 0.6) is 5.75 Å². The highest BCUT2D eigenvalue weighted by Gasteiger charge is 2.46.